The molecule has 0 heterocycles. The van der Waals surface area contributed by atoms with E-state index in [-0.39, 0.29) is 5.92 Å². The molecule has 0 fully saturated rings. The molecular weight excluding hydrogens is 304 g/mol. The average molecular weight is 324 g/mol. The molecule has 0 radical (unpaired) electrons. The lowest BCUT2D eigenvalue weighted by molar-refractivity contribution is 0.470. The molecule has 0 saturated heterocycles. The van der Waals surface area contributed by atoms with E-state index in [4.69, 9.17) is 0 Å². The molecule has 3 aliphatic rings. The van der Waals surface area contributed by atoms with Gasteiger partial charge in [-0.1, -0.05) is 55.0 Å². The summed E-state index contributed by atoms with van der Waals surface area (Å²) in [6.07, 6.45) is 5.12. The molecule has 0 bridgehead atoms. The molecule has 2 nitrogen and oxygen atoms in total. The van der Waals surface area contributed by atoms with Gasteiger partial charge >= 0.3 is 0 Å². The first-order chi connectivity index (χ1) is 12.1. The van der Waals surface area contributed by atoms with Crippen molar-refractivity contribution in [1.82, 2.24) is 0 Å². The minimum absolute atomic E-state index is 0.108. The standard InChI is InChI=1S/C23H20N2/c1-14-9-10-18-20(12-24)15(2)16(3)23(13-25)21(11-19(14)22(18)23)17-7-5-4-6-8-17/h4-10,14,21H,11H2,1-3H3/t14-,21+,23-/m1/s1. The monoisotopic (exact) mass is 324 g/mol. The Morgan fingerprint density at radius 1 is 1.12 bits per heavy atom. The molecule has 0 unspecified atom stereocenters. The maximum Gasteiger partial charge on any atom is 0.111 e. The van der Waals surface area contributed by atoms with E-state index in [2.05, 4.69) is 43.3 Å². The molecule has 3 aliphatic carbocycles. The van der Waals surface area contributed by atoms with Gasteiger partial charge in [0.05, 0.1) is 11.6 Å². The van der Waals surface area contributed by atoms with Crippen molar-refractivity contribution in [2.24, 2.45) is 11.3 Å². The van der Waals surface area contributed by atoms with Crippen molar-refractivity contribution in [3.63, 3.8) is 0 Å². The van der Waals surface area contributed by atoms with Crippen LogP contribution in [0.2, 0.25) is 0 Å². The van der Waals surface area contributed by atoms with Crippen LogP contribution in [0.25, 0.3) is 0 Å². The highest BCUT2D eigenvalue weighted by atomic mass is 14.6. The molecule has 0 amide bonds. The average Bonchev–Trinajstić information content (AvgIpc) is 3.01. The van der Waals surface area contributed by atoms with Gasteiger partial charge in [0.1, 0.15) is 11.5 Å². The smallest absolute Gasteiger partial charge is 0.111 e. The van der Waals surface area contributed by atoms with Crippen molar-refractivity contribution < 1.29 is 0 Å². The summed E-state index contributed by atoms with van der Waals surface area (Å²) >= 11 is 0. The second-order valence-electron chi connectivity index (χ2n) is 7.29. The predicted molar refractivity (Wildman–Crippen MR) is 98.2 cm³/mol. The first-order valence-electron chi connectivity index (χ1n) is 8.77. The van der Waals surface area contributed by atoms with Crippen LogP contribution in [0.3, 0.4) is 0 Å². The molecular formula is C23H20N2. The van der Waals surface area contributed by atoms with E-state index < -0.39 is 5.41 Å². The van der Waals surface area contributed by atoms with Crippen LogP contribution in [0, 0.1) is 34.0 Å². The summed E-state index contributed by atoms with van der Waals surface area (Å²) in [5.41, 5.74) is 6.69. The molecule has 122 valence electrons. The quantitative estimate of drug-likeness (QED) is 0.698. The van der Waals surface area contributed by atoms with Crippen molar-refractivity contribution in [3.8, 4) is 12.1 Å². The summed E-state index contributed by atoms with van der Waals surface area (Å²) in [6.45, 7) is 6.22. The second-order valence-corrected chi connectivity index (χ2v) is 7.29. The highest BCUT2D eigenvalue weighted by Gasteiger charge is 2.55. The van der Waals surface area contributed by atoms with Crippen molar-refractivity contribution in [2.45, 2.75) is 33.1 Å². The third-order valence-electron chi connectivity index (χ3n) is 6.32. The van der Waals surface area contributed by atoms with Crippen molar-refractivity contribution in [1.29, 1.82) is 10.5 Å². The second kappa shape index (κ2) is 5.33. The van der Waals surface area contributed by atoms with Gasteiger partial charge in [0, 0.05) is 5.92 Å². The van der Waals surface area contributed by atoms with Crippen molar-refractivity contribution >= 4 is 0 Å². The van der Waals surface area contributed by atoms with Crippen LogP contribution in [0.5, 0.6) is 0 Å². The number of hydrogen-bond donors (Lipinski definition) is 0. The van der Waals surface area contributed by atoms with E-state index in [1.807, 2.05) is 32.0 Å². The van der Waals surface area contributed by atoms with E-state index in [0.29, 0.717) is 5.92 Å². The Labute approximate surface area is 149 Å². The number of nitrogens with zero attached hydrogens (tertiary/aromatic N) is 2. The van der Waals surface area contributed by atoms with E-state index in [1.165, 1.54) is 11.1 Å². The lowest BCUT2D eigenvalue weighted by Gasteiger charge is -2.39. The van der Waals surface area contributed by atoms with E-state index >= 15 is 0 Å². The maximum absolute atomic E-state index is 10.4. The SMILES string of the molecule is CC1=C(C)[C@@]2(C#N)C3=C(C[C@H]2c2ccccc2)[C@H](C)C=CC3=C1C#N. The fourth-order valence-electron chi connectivity index (χ4n) is 4.90. The summed E-state index contributed by atoms with van der Waals surface area (Å²) in [4.78, 5) is 0. The van der Waals surface area contributed by atoms with Crippen LogP contribution < -0.4 is 0 Å². The van der Waals surface area contributed by atoms with Gasteiger partial charge in [-0.15, -0.1) is 0 Å². The van der Waals surface area contributed by atoms with Gasteiger partial charge in [-0.25, -0.2) is 0 Å². The van der Waals surface area contributed by atoms with Crippen LogP contribution in [0.15, 0.2) is 75.9 Å². The Morgan fingerprint density at radius 3 is 2.48 bits per heavy atom. The molecule has 0 spiro atoms. The van der Waals surface area contributed by atoms with Gasteiger partial charge in [-0.2, -0.15) is 10.5 Å². The van der Waals surface area contributed by atoms with E-state index in [1.54, 1.807) is 0 Å². The fourth-order valence-corrected chi connectivity index (χ4v) is 4.90. The van der Waals surface area contributed by atoms with Gasteiger partial charge < -0.3 is 0 Å². The van der Waals surface area contributed by atoms with Crippen LogP contribution in [-0.2, 0) is 0 Å². The molecule has 0 saturated carbocycles. The lowest BCUT2D eigenvalue weighted by Crippen LogP contribution is -2.32. The summed E-state index contributed by atoms with van der Waals surface area (Å²) in [5.74, 6) is 0.419. The molecule has 0 aromatic heterocycles. The third-order valence-corrected chi connectivity index (χ3v) is 6.32. The maximum atomic E-state index is 10.4. The Bertz CT molecular complexity index is 973. The summed E-state index contributed by atoms with van der Waals surface area (Å²) in [6, 6.07) is 15.5. The number of rotatable bonds is 1. The van der Waals surface area contributed by atoms with Gasteiger partial charge in [0.15, 0.2) is 0 Å². The zero-order valence-corrected chi connectivity index (χ0v) is 14.8. The third kappa shape index (κ3) is 1.83. The molecule has 2 heteroatoms. The Kier molecular flexibility index (Phi) is 3.34. The summed E-state index contributed by atoms with van der Waals surface area (Å²) < 4.78 is 0. The largest absolute Gasteiger partial charge is 0.197 e. The van der Waals surface area contributed by atoms with Crippen molar-refractivity contribution in [2.75, 3.05) is 0 Å². The number of allylic oxidation sites excluding steroid dienone is 8. The number of nitriles is 2. The molecule has 1 aromatic rings. The van der Waals surface area contributed by atoms with E-state index in [9.17, 15) is 10.5 Å². The molecule has 0 aliphatic heterocycles. The Balaban J connectivity index is 2.06. The lowest BCUT2D eigenvalue weighted by atomic mass is 9.60. The molecule has 4 rings (SSSR count). The Morgan fingerprint density at radius 2 is 1.84 bits per heavy atom. The first kappa shape index (κ1) is 15.7. The number of hydrogen-bond acceptors (Lipinski definition) is 2. The van der Waals surface area contributed by atoms with E-state index in [0.717, 1.165) is 34.3 Å². The van der Waals surface area contributed by atoms with Crippen LogP contribution in [-0.4, -0.2) is 0 Å². The summed E-state index contributed by atoms with van der Waals surface area (Å²) in [7, 11) is 0. The van der Waals surface area contributed by atoms with Crippen LogP contribution in [0.4, 0.5) is 0 Å². The summed E-state index contributed by atoms with van der Waals surface area (Å²) in [5, 5.41) is 20.2. The van der Waals surface area contributed by atoms with Crippen LogP contribution in [0.1, 0.15) is 38.7 Å². The van der Waals surface area contributed by atoms with Crippen molar-refractivity contribution in [3.05, 3.63) is 81.5 Å². The van der Waals surface area contributed by atoms with Crippen LogP contribution >= 0.6 is 0 Å². The molecule has 25 heavy (non-hydrogen) atoms. The van der Waals surface area contributed by atoms with Gasteiger partial charge in [-0.05, 0) is 54.0 Å². The fraction of sp³-hybridized carbons (Fsp3) is 0.304. The van der Waals surface area contributed by atoms with Gasteiger partial charge in [0.2, 0.25) is 0 Å². The first-order valence-corrected chi connectivity index (χ1v) is 8.77. The Hall–Kier alpha value is -2.84. The molecule has 3 atom stereocenters. The topological polar surface area (TPSA) is 47.6 Å². The van der Waals surface area contributed by atoms with Gasteiger partial charge in [0.25, 0.3) is 0 Å². The highest BCUT2D eigenvalue weighted by molar-refractivity contribution is 5.73. The predicted octanol–water partition coefficient (Wildman–Crippen LogP) is 5.36. The highest BCUT2D eigenvalue weighted by Crippen LogP contribution is 2.64. The minimum Gasteiger partial charge on any atom is -0.197 e. The zero-order chi connectivity index (χ0) is 17.8. The molecule has 1 aromatic carbocycles. The molecule has 0 N–H and O–H groups in total. The number of benzene rings is 1. The minimum atomic E-state index is -0.657. The van der Waals surface area contributed by atoms with Gasteiger partial charge in [-0.3, -0.25) is 0 Å². The zero-order valence-electron chi connectivity index (χ0n) is 14.8. The normalized spacial score (nSPS) is 30.3.